The summed E-state index contributed by atoms with van der Waals surface area (Å²) < 4.78 is 24.2. The third-order valence-electron chi connectivity index (χ3n) is 3.29. The van der Waals surface area contributed by atoms with Gasteiger partial charge in [-0.15, -0.1) is 0 Å². The summed E-state index contributed by atoms with van der Waals surface area (Å²) in [6.07, 6.45) is 6.18. The summed E-state index contributed by atoms with van der Waals surface area (Å²) in [6.45, 7) is 4.97. The monoisotopic (exact) mass is 247 g/mol. The van der Waals surface area contributed by atoms with E-state index in [0.29, 0.717) is 5.75 Å². The van der Waals surface area contributed by atoms with Crippen molar-refractivity contribution in [2.45, 2.75) is 63.7 Å². The first-order valence-corrected chi connectivity index (χ1v) is 8.22. The lowest BCUT2D eigenvalue weighted by molar-refractivity contribution is 0.477. The molecule has 4 heteroatoms. The van der Waals surface area contributed by atoms with Gasteiger partial charge >= 0.3 is 0 Å². The van der Waals surface area contributed by atoms with E-state index in [4.69, 9.17) is 0 Å². The average molecular weight is 247 g/mol. The Balaban J connectivity index is 2.43. The molecule has 0 radical (unpaired) electrons. The summed E-state index contributed by atoms with van der Waals surface area (Å²) >= 11 is 0. The van der Waals surface area contributed by atoms with Crippen LogP contribution in [0.2, 0.25) is 0 Å². The lowest BCUT2D eigenvalue weighted by atomic mass is 10.0. The molecule has 3 nitrogen and oxygen atoms in total. The van der Waals surface area contributed by atoms with Crippen LogP contribution in [-0.2, 0) is 9.84 Å². The molecule has 1 aliphatic carbocycles. The van der Waals surface area contributed by atoms with Crippen LogP contribution < -0.4 is 5.32 Å². The Morgan fingerprint density at radius 3 is 2.44 bits per heavy atom. The Labute approximate surface area is 99.9 Å². The minimum Gasteiger partial charge on any atom is -0.313 e. The van der Waals surface area contributed by atoms with Crippen molar-refractivity contribution < 1.29 is 8.42 Å². The first-order chi connectivity index (χ1) is 7.56. The van der Waals surface area contributed by atoms with Crippen LogP contribution >= 0.6 is 0 Å². The van der Waals surface area contributed by atoms with Gasteiger partial charge in [-0.05, 0) is 32.7 Å². The summed E-state index contributed by atoms with van der Waals surface area (Å²) in [6, 6.07) is 0.0897. The van der Waals surface area contributed by atoms with Gasteiger partial charge in [0.1, 0.15) is 0 Å². The lowest BCUT2D eigenvalue weighted by Gasteiger charge is -2.23. The second-order valence-corrected chi connectivity index (χ2v) is 7.27. The van der Waals surface area contributed by atoms with Crippen molar-refractivity contribution >= 4 is 9.84 Å². The summed E-state index contributed by atoms with van der Waals surface area (Å²) in [7, 11) is -2.88. The Morgan fingerprint density at radius 1 is 1.25 bits per heavy atom. The zero-order valence-corrected chi connectivity index (χ0v) is 11.4. The van der Waals surface area contributed by atoms with Crippen LogP contribution in [-0.4, -0.2) is 32.0 Å². The van der Waals surface area contributed by atoms with Crippen molar-refractivity contribution in [1.82, 2.24) is 5.32 Å². The van der Waals surface area contributed by atoms with Crippen LogP contribution in [0.25, 0.3) is 0 Å². The normalized spacial score (nSPS) is 20.9. The molecule has 96 valence electrons. The van der Waals surface area contributed by atoms with Gasteiger partial charge in [-0.2, -0.15) is 0 Å². The molecule has 1 aliphatic rings. The van der Waals surface area contributed by atoms with Gasteiger partial charge < -0.3 is 5.32 Å². The van der Waals surface area contributed by atoms with E-state index in [1.807, 2.05) is 6.92 Å². The molecule has 0 aliphatic heterocycles. The topological polar surface area (TPSA) is 46.2 Å². The molecule has 1 atom stereocenters. The third-order valence-corrected chi connectivity index (χ3v) is 5.74. The standard InChI is InChI=1S/C12H25NO2S/c1-3-9-13-11(2)10-16(14,15)12-7-5-4-6-8-12/h11-13H,3-10H2,1-2H3. The fourth-order valence-electron chi connectivity index (χ4n) is 2.36. The molecule has 0 bridgehead atoms. The Bertz CT molecular complexity index is 281. The van der Waals surface area contributed by atoms with Gasteiger partial charge in [0.25, 0.3) is 0 Å². The summed E-state index contributed by atoms with van der Waals surface area (Å²) in [4.78, 5) is 0. The molecule has 16 heavy (non-hydrogen) atoms. The first-order valence-electron chi connectivity index (χ1n) is 6.51. The molecule has 1 unspecified atom stereocenters. The van der Waals surface area contributed by atoms with Crippen LogP contribution in [0.1, 0.15) is 52.4 Å². The quantitative estimate of drug-likeness (QED) is 0.782. The number of rotatable bonds is 6. The zero-order valence-electron chi connectivity index (χ0n) is 10.5. The van der Waals surface area contributed by atoms with Gasteiger partial charge in [0.2, 0.25) is 0 Å². The number of sulfone groups is 1. The maximum Gasteiger partial charge on any atom is 0.154 e. The summed E-state index contributed by atoms with van der Waals surface area (Å²) in [5, 5.41) is 3.19. The molecule has 0 spiro atoms. The van der Waals surface area contributed by atoms with Crippen molar-refractivity contribution in [3.63, 3.8) is 0 Å². The highest BCUT2D eigenvalue weighted by molar-refractivity contribution is 7.92. The average Bonchev–Trinajstić information content (AvgIpc) is 2.27. The zero-order chi connectivity index (χ0) is 12.0. The van der Waals surface area contributed by atoms with E-state index >= 15 is 0 Å². The van der Waals surface area contributed by atoms with Gasteiger partial charge in [0.15, 0.2) is 9.84 Å². The predicted octanol–water partition coefficient (Wildman–Crippen LogP) is 2.12. The SMILES string of the molecule is CCCNC(C)CS(=O)(=O)C1CCCCC1. The Kier molecular flexibility index (Phi) is 5.76. The molecule has 0 aromatic rings. The predicted molar refractivity (Wildman–Crippen MR) is 68.4 cm³/mol. The number of hydrogen-bond donors (Lipinski definition) is 1. The first kappa shape index (κ1) is 14.0. The second kappa shape index (κ2) is 6.60. The van der Waals surface area contributed by atoms with E-state index < -0.39 is 9.84 Å². The molecule has 0 aromatic heterocycles. The van der Waals surface area contributed by atoms with E-state index in [-0.39, 0.29) is 11.3 Å². The van der Waals surface area contributed by atoms with E-state index in [2.05, 4.69) is 12.2 Å². The molecule has 1 saturated carbocycles. The highest BCUT2D eigenvalue weighted by atomic mass is 32.2. The Hall–Kier alpha value is -0.0900. The smallest absolute Gasteiger partial charge is 0.154 e. The fraction of sp³-hybridized carbons (Fsp3) is 1.00. The molecule has 1 rings (SSSR count). The minimum atomic E-state index is -2.88. The van der Waals surface area contributed by atoms with Crippen LogP contribution in [0.5, 0.6) is 0 Å². The van der Waals surface area contributed by atoms with Crippen LogP contribution in [0.15, 0.2) is 0 Å². The van der Waals surface area contributed by atoms with Crippen molar-refractivity contribution in [1.29, 1.82) is 0 Å². The van der Waals surface area contributed by atoms with Crippen molar-refractivity contribution in [3.05, 3.63) is 0 Å². The van der Waals surface area contributed by atoms with Crippen LogP contribution in [0, 0.1) is 0 Å². The summed E-state index contributed by atoms with van der Waals surface area (Å²) in [5.74, 6) is 0.303. The molecule has 0 heterocycles. The van der Waals surface area contributed by atoms with E-state index in [0.717, 1.165) is 38.6 Å². The maximum absolute atomic E-state index is 12.1. The van der Waals surface area contributed by atoms with Crippen molar-refractivity contribution in [3.8, 4) is 0 Å². The number of nitrogens with one attached hydrogen (secondary N) is 1. The fourth-order valence-corrected chi connectivity index (χ4v) is 4.50. The van der Waals surface area contributed by atoms with Gasteiger partial charge in [-0.25, -0.2) is 8.42 Å². The highest BCUT2D eigenvalue weighted by Gasteiger charge is 2.28. The molecule has 0 saturated heterocycles. The molecule has 1 fully saturated rings. The third kappa shape index (κ3) is 4.42. The largest absolute Gasteiger partial charge is 0.313 e. The van der Waals surface area contributed by atoms with E-state index in [1.165, 1.54) is 6.42 Å². The molecule has 1 N–H and O–H groups in total. The lowest BCUT2D eigenvalue weighted by Crippen LogP contribution is -2.37. The van der Waals surface area contributed by atoms with Gasteiger partial charge in [-0.1, -0.05) is 26.2 Å². The van der Waals surface area contributed by atoms with E-state index in [9.17, 15) is 8.42 Å². The van der Waals surface area contributed by atoms with Gasteiger partial charge in [-0.3, -0.25) is 0 Å². The molecular weight excluding hydrogens is 222 g/mol. The maximum atomic E-state index is 12.1. The summed E-state index contributed by atoms with van der Waals surface area (Å²) in [5.41, 5.74) is 0. The van der Waals surface area contributed by atoms with Crippen molar-refractivity contribution in [2.24, 2.45) is 0 Å². The molecule has 0 amide bonds. The van der Waals surface area contributed by atoms with Crippen LogP contribution in [0.4, 0.5) is 0 Å². The number of hydrogen-bond acceptors (Lipinski definition) is 3. The van der Waals surface area contributed by atoms with Gasteiger partial charge in [0, 0.05) is 6.04 Å². The Morgan fingerprint density at radius 2 is 1.88 bits per heavy atom. The molecule has 0 aromatic carbocycles. The van der Waals surface area contributed by atoms with Crippen molar-refractivity contribution in [2.75, 3.05) is 12.3 Å². The minimum absolute atomic E-state index is 0.0628. The van der Waals surface area contributed by atoms with Crippen LogP contribution in [0.3, 0.4) is 0 Å². The van der Waals surface area contributed by atoms with E-state index in [1.54, 1.807) is 0 Å². The molecular formula is C12H25NO2S. The highest BCUT2D eigenvalue weighted by Crippen LogP contribution is 2.24. The second-order valence-electron chi connectivity index (χ2n) is 4.94. The van der Waals surface area contributed by atoms with Gasteiger partial charge in [0.05, 0.1) is 11.0 Å².